The van der Waals surface area contributed by atoms with Gasteiger partial charge in [0.15, 0.2) is 0 Å². The molecule has 1 amide bonds. The van der Waals surface area contributed by atoms with Crippen LogP contribution >= 0.6 is 11.6 Å². The molecule has 3 aromatic carbocycles. The summed E-state index contributed by atoms with van der Waals surface area (Å²) >= 11 is 5.81. The minimum Gasteiger partial charge on any atom is -0.478 e. The van der Waals surface area contributed by atoms with Crippen LogP contribution in [-0.4, -0.2) is 23.0 Å². The van der Waals surface area contributed by atoms with E-state index in [1.807, 2.05) is 0 Å². The third-order valence-electron chi connectivity index (χ3n) is 4.23. The summed E-state index contributed by atoms with van der Waals surface area (Å²) in [6, 6.07) is 20.1. The predicted molar refractivity (Wildman–Crippen MR) is 118 cm³/mol. The SMILES string of the molecule is N#C/C(=C\c1cccc(OC(=O)c2ccc(Cl)cc2)c1)C(=O)Nc1ccccc1C(=O)O. The Bertz CT molecular complexity index is 1260. The maximum Gasteiger partial charge on any atom is 0.343 e. The van der Waals surface area contributed by atoms with Gasteiger partial charge in [0.25, 0.3) is 5.91 Å². The number of nitrogens with one attached hydrogen (secondary N) is 1. The second kappa shape index (κ2) is 10.1. The zero-order valence-electron chi connectivity index (χ0n) is 16.4. The molecular formula is C24H15ClN2O5. The van der Waals surface area contributed by atoms with E-state index in [0.717, 1.165) is 0 Å². The maximum absolute atomic E-state index is 12.5. The summed E-state index contributed by atoms with van der Waals surface area (Å²) in [6.45, 7) is 0. The van der Waals surface area contributed by atoms with Crippen LogP contribution in [0.5, 0.6) is 5.75 Å². The lowest BCUT2D eigenvalue weighted by Crippen LogP contribution is -2.16. The van der Waals surface area contributed by atoms with E-state index < -0.39 is 17.8 Å². The van der Waals surface area contributed by atoms with Gasteiger partial charge in [-0.2, -0.15) is 5.26 Å². The number of carboxylic acids is 1. The first-order chi connectivity index (χ1) is 15.4. The molecule has 8 heteroatoms. The predicted octanol–water partition coefficient (Wildman–Crippen LogP) is 4.80. The van der Waals surface area contributed by atoms with Gasteiger partial charge in [0, 0.05) is 5.02 Å². The lowest BCUT2D eigenvalue weighted by atomic mass is 10.1. The van der Waals surface area contributed by atoms with Crippen molar-refractivity contribution in [3.63, 3.8) is 0 Å². The van der Waals surface area contributed by atoms with Gasteiger partial charge in [0.05, 0.1) is 16.8 Å². The first-order valence-corrected chi connectivity index (χ1v) is 9.58. The summed E-state index contributed by atoms with van der Waals surface area (Å²) in [5, 5.41) is 21.6. The Balaban J connectivity index is 1.78. The summed E-state index contributed by atoms with van der Waals surface area (Å²) in [7, 11) is 0. The van der Waals surface area contributed by atoms with Crippen molar-refractivity contribution in [2.24, 2.45) is 0 Å². The molecule has 3 rings (SSSR count). The number of amides is 1. The van der Waals surface area contributed by atoms with Gasteiger partial charge in [-0.05, 0) is 60.2 Å². The first kappa shape index (κ1) is 22.3. The minimum absolute atomic E-state index is 0.0665. The van der Waals surface area contributed by atoms with Crippen molar-refractivity contribution in [3.8, 4) is 11.8 Å². The Labute approximate surface area is 188 Å². The van der Waals surface area contributed by atoms with Crippen molar-refractivity contribution in [2.75, 3.05) is 5.32 Å². The summed E-state index contributed by atoms with van der Waals surface area (Å²) < 4.78 is 5.33. The van der Waals surface area contributed by atoms with Crippen molar-refractivity contribution >= 4 is 41.2 Å². The van der Waals surface area contributed by atoms with Crippen molar-refractivity contribution < 1.29 is 24.2 Å². The second-order valence-electron chi connectivity index (χ2n) is 6.44. The zero-order chi connectivity index (χ0) is 23.1. The fraction of sp³-hybridized carbons (Fsp3) is 0. The number of carbonyl (C=O) groups is 3. The first-order valence-electron chi connectivity index (χ1n) is 9.20. The molecule has 0 spiro atoms. The van der Waals surface area contributed by atoms with Crippen LogP contribution in [-0.2, 0) is 4.79 Å². The van der Waals surface area contributed by atoms with Gasteiger partial charge in [-0.1, -0.05) is 35.9 Å². The van der Waals surface area contributed by atoms with Crippen LogP contribution in [0.3, 0.4) is 0 Å². The number of nitrogens with zero attached hydrogens (tertiary/aromatic N) is 1. The number of benzene rings is 3. The van der Waals surface area contributed by atoms with E-state index >= 15 is 0 Å². The monoisotopic (exact) mass is 446 g/mol. The van der Waals surface area contributed by atoms with Crippen LogP contribution in [0.4, 0.5) is 5.69 Å². The van der Waals surface area contributed by atoms with Crippen LogP contribution < -0.4 is 10.1 Å². The molecule has 2 N–H and O–H groups in total. The van der Waals surface area contributed by atoms with Crippen molar-refractivity contribution in [2.45, 2.75) is 0 Å². The maximum atomic E-state index is 12.5. The third kappa shape index (κ3) is 5.59. The number of halogens is 1. The van der Waals surface area contributed by atoms with Crippen LogP contribution in [0.15, 0.2) is 78.4 Å². The molecule has 0 aliphatic rings. The fourth-order valence-electron chi connectivity index (χ4n) is 2.70. The van der Waals surface area contributed by atoms with Gasteiger partial charge in [0.1, 0.15) is 17.4 Å². The van der Waals surface area contributed by atoms with E-state index in [4.69, 9.17) is 16.3 Å². The third-order valence-corrected chi connectivity index (χ3v) is 4.48. The van der Waals surface area contributed by atoms with Gasteiger partial charge in [-0.25, -0.2) is 9.59 Å². The van der Waals surface area contributed by atoms with E-state index in [-0.39, 0.29) is 22.6 Å². The number of carboxylic acid groups (broad SMARTS) is 1. The molecule has 0 aliphatic heterocycles. The summed E-state index contributed by atoms with van der Waals surface area (Å²) in [6.07, 6.45) is 1.30. The molecule has 0 aromatic heterocycles. The highest BCUT2D eigenvalue weighted by Crippen LogP contribution is 2.20. The lowest BCUT2D eigenvalue weighted by Gasteiger charge is -2.08. The molecule has 0 saturated carbocycles. The van der Waals surface area contributed by atoms with Crippen LogP contribution in [0.1, 0.15) is 26.3 Å². The molecule has 3 aromatic rings. The van der Waals surface area contributed by atoms with Crippen LogP contribution in [0.25, 0.3) is 6.08 Å². The number of hydrogen-bond donors (Lipinski definition) is 2. The smallest absolute Gasteiger partial charge is 0.343 e. The van der Waals surface area contributed by atoms with E-state index in [1.165, 1.54) is 42.5 Å². The Hall–Kier alpha value is -4.41. The average molecular weight is 447 g/mol. The number of carbonyl (C=O) groups excluding carboxylic acids is 2. The standard InChI is InChI=1S/C24H15ClN2O5/c25-18-10-8-16(9-11-18)24(31)32-19-5-3-4-15(13-19)12-17(14-26)22(28)27-21-7-2-1-6-20(21)23(29)30/h1-13H,(H,27,28)(H,29,30)/b17-12+. The number of anilines is 1. The van der Waals surface area contributed by atoms with Gasteiger partial charge in [-0.3, -0.25) is 4.79 Å². The summed E-state index contributed by atoms with van der Waals surface area (Å²) in [5.41, 5.74) is 0.451. The molecule has 0 bridgehead atoms. The topological polar surface area (TPSA) is 116 Å². The van der Waals surface area contributed by atoms with Crippen LogP contribution in [0, 0.1) is 11.3 Å². The number of hydrogen-bond acceptors (Lipinski definition) is 5. The zero-order valence-corrected chi connectivity index (χ0v) is 17.2. The molecule has 158 valence electrons. The molecule has 0 aliphatic carbocycles. The minimum atomic E-state index is -1.21. The molecule has 0 radical (unpaired) electrons. The number of para-hydroxylation sites is 1. The number of rotatable bonds is 6. The second-order valence-corrected chi connectivity index (χ2v) is 6.88. The molecular weight excluding hydrogens is 432 g/mol. The summed E-state index contributed by atoms with van der Waals surface area (Å²) in [5.74, 6) is -2.36. The van der Waals surface area contributed by atoms with E-state index in [2.05, 4.69) is 5.32 Å². The molecule has 32 heavy (non-hydrogen) atoms. The Morgan fingerprint density at radius 3 is 2.41 bits per heavy atom. The van der Waals surface area contributed by atoms with Gasteiger partial charge >= 0.3 is 11.9 Å². The van der Waals surface area contributed by atoms with Gasteiger partial charge in [0.2, 0.25) is 0 Å². The fourth-order valence-corrected chi connectivity index (χ4v) is 2.83. The van der Waals surface area contributed by atoms with Gasteiger partial charge in [-0.15, -0.1) is 0 Å². The number of esters is 1. The highest BCUT2D eigenvalue weighted by Gasteiger charge is 2.15. The van der Waals surface area contributed by atoms with Crippen LogP contribution in [0.2, 0.25) is 5.02 Å². The molecule has 0 atom stereocenters. The molecule has 0 fully saturated rings. The van der Waals surface area contributed by atoms with E-state index in [1.54, 1.807) is 42.5 Å². The average Bonchev–Trinajstić information content (AvgIpc) is 2.78. The van der Waals surface area contributed by atoms with Crippen molar-refractivity contribution in [3.05, 3.63) is 100 Å². The highest BCUT2D eigenvalue weighted by molar-refractivity contribution is 6.30. The molecule has 0 unspecified atom stereocenters. The van der Waals surface area contributed by atoms with Gasteiger partial charge < -0.3 is 15.2 Å². The number of nitriles is 1. The molecule has 7 nitrogen and oxygen atoms in total. The molecule has 0 saturated heterocycles. The number of aromatic carboxylic acids is 1. The Morgan fingerprint density at radius 1 is 1.00 bits per heavy atom. The largest absolute Gasteiger partial charge is 0.478 e. The Kier molecular flexibility index (Phi) is 7.01. The number of ether oxygens (including phenoxy) is 1. The quantitative estimate of drug-likeness (QED) is 0.243. The Morgan fingerprint density at radius 2 is 1.72 bits per heavy atom. The summed E-state index contributed by atoms with van der Waals surface area (Å²) in [4.78, 5) is 36.1. The highest BCUT2D eigenvalue weighted by atomic mass is 35.5. The van der Waals surface area contributed by atoms with Crippen molar-refractivity contribution in [1.82, 2.24) is 0 Å². The normalized spacial score (nSPS) is 10.7. The van der Waals surface area contributed by atoms with E-state index in [9.17, 15) is 24.8 Å². The van der Waals surface area contributed by atoms with E-state index in [0.29, 0.717) is 16.1 Å². The lowest BCUT2D eigenvalue weighted by molar-refractivity contribution is -0.112. The van der Waals surface area contributed by atoms with Crippen molar-refractivity contribution in [1.29, 1.82) is 5.26 Å². The molecule has 0 heterocycles.